The maximum Gasteiger partial charge on any atom is 0.0678 e. The predicted octanol–water partition coefficient (Wildman–Crippen LogP) is 1.59. The second-order valence-corrected chi connectivity index (χ2v) is 3.53. The topological polar surface area (TPSA) is 51.8 Å². The molecule has 4 heteroatoms. The Labute approximate surface area is 80.4 Å². The van der Waals surface area contributed by atoms with Crippen LogP contribution in [0, 0.1) is 0 Å². The van der Waals surface area contributed by atoms with Crippen molar-refractivity contribution in [3.05, 3.63) is 47.0 Å². The van der Waals surface area contributed by atoms with Gasteiger partial charge in [-0.3, -0.25) is 0 Å². The van der Waals surface area contributed by atoms with Gasteiger partial charge >= 0.3 is 0 Å². The highest BCUT2D eigenvalue weighted by atomic mass is 32.1. The summed E-state index contributed by atoms with van der Waals surface area (Å²) < 4.78 is 3.78. The molecule has 0 aliphatic rings. The van der Waals surface area contributed by atoms with E-state index in [2.05, 4.69) is 9.59 Å². The number of rotatable bonds is 2. The summed E-state index contributed by atoms with van der Waals surface area (Å²) in [4.78, 5) is 0.992. The monoisotopic (exact) mass is 191 g/mol. The molecule has 1 heterocycles. The van der Waals surface area contributed by atoms with Gasteiger partial charge in [0, 0.05) is 0 Å². The Bertz CT molecular complexity index is 358. The van der Waals surface area contributed by atoms with Gasteiger partial charge in [0.2, 0.25) is 0 Å². The normalized spacial score (nSPS) is 12.7. The Morgan fingerprint density at radius 2 is 2.00 bits per heavy atom. The molecule has 0 aliphatic carbocycles. The van der Waals surface area contributed by atoms with Crippen molar-refractivity contribution in [3.8, 4) is 0 Å². The van der Waals surface area contributed by atoms with Crippen LogP contribution in [0.5, 0.6) is 0 Å². The van der Waals surface area contributed by atoms with E-state index in [0.717, 1.165) is 10.4 Å². The van der Waals surface area contributed by atoms with Gasteiger partial charge in [-0.05, 0) is 17.1 Å². The van der Waals surface area contributed by atoms with Crippen molar-refractivity contribution in [1.29, 1.82) is 0 Å². The van der Waals surface area contributed by atoms with Crippen molar-refractivity contribution >= 4 is 11.5 Å². The van der Waals surface area contributed by atoms with Crippen molar-refractivity contribution in [3.63, 3.8) is 0 Å². The molecule has 0 saturated carbocycles. The van der Waals surface area contributed by atoms with Gasteiger partial charge < -0.3 is 5.73 Å². The van der Waals surface area contributed by atoms with Crippen LogP contribution in [0.1, 0.15) is 16.5 Å². The number of benzene rings is 1. The zero-order valence-electron chi connectivity index (χ0n) is 6.92. The van der Waals surface area contributed by atoms with E-state index in [9.17, 15) is 0 Å². The molecule has 0 spiro atoms. The molecular weight excluding hydrogens is 182 g/mol. The molecule has 2 rings (SSSR count). The number of hydrogen-bond donors (Lipinski definition) is 1. The quantitative estimate of drug-likeness (QED) is 0.784. The predicted molar refractivity (Wildman–Crippen MR) is 52.4 cm³/mol. The molecule has 3 nitrogen and oxygen atoms in total. The molecule has 0 radical (unpaired) electrons. The molecule has 1 atom stereocenters. The molecule has 0 aliphatic heterocycles. The summed E-state index contributed by atoms with van der Waals surface area (Å²) >= 11 is 1.34. The molecule has 1 unspecified atom stereocenters. The first-order valence-electron chi connectivity index (χ1n) is 3.95. The summed E-state index contributed by atoms with van der Waals surface area (Å²) in [6, 6.07) is 9.84. The summed E-state index contributed by atoms with van der Waals surface area (Å²) in [6.45, 7) is 0. The Morgan fingerprint density at radius 3 is 2.62 bits per heavy atom. The minimum absolute atomic E-state index is 0.0961. The van der Waals surface area contributed by atoms with Crippen LogP contribution in [-0.4, -0.2) is 9.59 Å². The molecule has 0 fully saturated rings. The molecule has 2 N–H and O–H groups in total. The second-order valence-electron chi connectivity index (χ2n) is 2.71. The maximum absolute atomic E-state index is 5.99. The lowest BCUT2D eigenvalue weighted by Crippen LogP contribution is -2.09. The van der Waals surface area contributed by atoms with Crippen molar-refractivity contribution < 1.29 is 0 Å². The first-order valence-corrected chi connectivity index (χ1v) is 4.73. The van der Waals surface area contributed by atoms with Gasteiger partial charge in [0.15, 0.2) is 0 Å². The molecule has 1 aromatic heterocycles. The third-order valence-corrected chi connectivity index (χ3v) is 2.59. The largest absolute Gasteiger partial charge is 0.320 e. The van der Waals surface area contributed by atoms with E-state index in [1.807, 2.05) is 30.3 Å². The van der Waals surface area contributed by atoms with Crippen LogP contribution in [0.25, 0.3) is 0 Å². The summed E-state index contributed by atoms with van der Waals surface area (Å²) in [7, 11) is 0. The highest BCUT2D eigenvalue weighted by molar-refractivity contribution is 7.05. The van der Waals surface area contributed by atoms with Crippen LogP contribution in [0.2, 0.25) is 0 Å². The number of aromatic nitrogens is 2. The molecule has 0 saturated heterocycles. The van der Waals surface area contributed by atoms with Gasteiger partial charge in [0.05, 0.1) is 17.1 Å². The summed E-state index contributed by atoms with van der Waals surface area (Å²) in [5.74, 6) is 0. The number of nitrogens with two attached hydrogens (primary N) is 1. The Kier molecular flexibility index (Phi) is 2.33. The summed E-state index contributed by atoms with van der Waals surface area (Å²) in [6.07, 6.45) is 1.71. The first kappa shape index (κ1) is 8.34. The smallest absolute Gasteiger partial charge is 0.0678 e. The van der Waals surface area contributed by atoms with Crippen molar-refractivity contribution in [2.45, 2.75) is 6.04 Å². The second kappa shape index (κ2) is 3.64. The molecule has 0 amide bonds. The van der Waals surface area contributed by atoms with Gasteiger partial charge in [-0.25, -0.2) is 0 Å². The number of hydrogen-bond acceptors (Lipinski definition) is 4. The Hall–Kier alpha value is -1.26. The highest BCUT2D eigenvalue weighted by Crippen LogP contribution is 2.20. The van der Waals surface area contributed by atoms with Gasteiger partial charge in [-0.1, -0.05) is 34.8 Å². The average molecular weight is 191 g/mol. The fourth-order valence-corrected chi connectivity index (χ4v) is 1.67. The van der Waals surface area contributed by atoms with Crippen LogP contribution in [0.3, 0.4) is 0 Å². The SMILES string of the molecule is NC(c1ccccc1)c1cnns1. The molecule has 1 aromatic carbocycles. The van der Waals surface area contributed by atoms with Crippen LogP contribution in [0.4, 0.5) is 0 Å². The lowest BCUT2D eigenvalue weighted by Gasteiger charge is -2.07. The van der Waals surface area contributed by atoms with Gasteiger partial charge in [-0.15, -0.1) is 5.10 Å². The highest BCUT2D eigenvalue weighted by Gasteiger charge is 2.09. The van der Waals surface area contributed by atoms with Crippen molar-refractivity contribution in [2.24, 2.45) is 5.73 Å². The Balaban J connectivity index is 2.29. The standard InChI is InChI=1S/C9H9N3S/c10-9(8-6-11-12-13-8)7-4-2-1-3-5-7/h1-6,9H,10H2. The fraction of sp³-hybridized carbons (Fsp3) is 0.111. The Morgan fingerprint density at radius 1 is 1.23 bits per heavy atom. The van der Waals surface area contributed by atoms with E-state index in [1.54, 1.807) is 6.20 Å². The third kappa shape index (κ3) is 1.74. The minimum Gasteiger partial charge on any atom is -0.320 e. The summed E-state index contributed by atoms with van der Waals surface area (Å²) in [5.41, 5.74) is 7.08. The van der Waals surface area contributed by atoms with Crippen LogP contribution in [0.15, 0.2) is 36.5 Å². The van der Waals surface area contributed by atoms with E-state index in [0.29, 0.717) is 0 Å². The van der Waals surface area contributed by atoms with E-state index in [4.69, 9.17) is 5.73 Å². The summed E-state index contributed by atoms with van der Waals surface area (Å²) in [5, 5.41) is 3.76. The van der Waals surface area contributed by atoms with E-state index < -0.39 is 0 Å². The maximum atomic E-state index is 5.99. The minimum atomic E-state index is -0.0961. The molecule has 2 aromatic rings. The van der Waals surface area contributed by atoms with Gasteiger partial charge in [-0.2, -0.15) is 0 Å². The lowest BCUT2D eigenvalue weighted by molar-refractivity contribution is 0.888. The van der Waals surface area contributed by atoms with E-state index in [1.165, 1.54) is 11.5 Å². The zero-order chi connectivity index (χ0) is 9.10. The van der Waals surface area contributed by atoms with E-state index >= 15 is 0 Å². The molecule has 13 heavy (non-hydrogen) atoms. The van der Waals surface area contributed by atoms with E-state index in [-0.39, 0.29) is 6.04 Å². The van der Waals surface area contributed by atoms with Crippen molar-refractivity contribution in [2.75, 3.05) is 0 Å². The van der Waals surface area contributed by atoms with Crippen LogP contribution < -0.4 is 5.73 Å². The lowest BCUT2D eigenvalue weighted by atomic mass is 10.1. The molecule has 0 bridgehead atoms. The van der Waals surface area contributed by atoms with Crippen LogP contribution in [-0.2, 0) is 0 Å². The number of nitrogens with zero attached hydrogens (tertiary/aromatic N) is 2. The molecular formula is C9H9N3S. The third-order valence-electron chi connectivity index (χ3n) is 1.84. The van der Waals surface area contributed by atoms with Gasteiger partial charge in [0.1, 0.15) is 0 Å². The van der Waals surface area contributed by atoms with Crippen molar-refractivity contribution in [1.82, 2.24) is 9.59 Å². The average Bonchev–Trinajstić information content (AvgIpc) is 2.71. The molecule has 66 valence electrons. The fourth-order valence-electron chi connectivity index (χ4n) is 1.14. The van der Waals surface area contributed by atoms with Crippen LogP contribution >= 0.6 is 11.5 Å². The first-order chi connectivity index (χ1) is 6.38. The van der Waals surface area contributed by atoms with Gasteiger partial charge in [0.25, 0.3) is 0 Å². The zero-order valence-corrected chi connectivity index (χ0v) is 7.74.